The molecule has 0 bridgehead atoms. The van der Waals surface area contributed by atoms with Gasteiger partial charge in [-0.05, 0) is 24.3 Å². The molecule has 0 aromatic heterocycles. The molecule has 0 spiro atoms. The van der Waals surface area contributed by atoms with Gasteiger partial charge in [0.25, 0.3) is 5.91 Å². The normalized spacial score (nSPS) is 21.7. The van der Waals surface area contributed by atoms with Gasteiger partial charge in [0, 0.05) is 5.56 Å². The number of carbonyl (C=O) groups is 1. The van der Waals surface area contributed by atoms with Crippen LogP contribution in [0.5, 0.6) is 5.75 Å². The van der Waals surface area contributed by atoms with Gasteiger partial charge in [-0.2, -0.15) is 0 Å². The van der Waals surface area contributed by atoms with Crippen LogP contribution in [-0.4, -0.2) is 50.2 Å². The summed E-state index contributed by atoms with van der Waals surface area (Å²) in [5, 5.41) is 10.3. The number of amides is 1. The number of ether oxygens (including phenoxy) is 1. The Hall–Kier alpha value is -2.38. The van der Waals surface area contributed by atoms with Crippen LogP contribution in [0.3, 0.4) is 0 Å². The van der Waals surface area contributed by atoms with Crippen molar-refractivity contribution in [2.45, 2.75) is 12.1 Å². The van der Waals surface area contributed by atoms with Gasteiger partial charge in [-0.15, -0.1) is 0 Å². The van der Waals surface area contributed by atoms with Crippen LogP contribution in [-0.2, 0) is 9.84 Å². The number of anilines is 1. The molecule has 2 aromatic rings. The predicted octanol–water partition coefficient (Wildman–Crippen LogP) is 1.50. The smallest absolute Gasteiger partial charge is 0.258 e. The number of hydrogen-bond acceptors (Lipinski definition) is 5. The summed E-state index contributed by atoms with van der Waals surface area (Å²) < 4.78 is 29.3. The molecule has 0 aliphatic carbocycles. The first-order valence-electron chi connectivity index (χ1n) is 7.83. The van der Waals surface area contributed by atoms with E-state index in [-0.39, 0.29) is 17.4 Å². The zero-order valence-corrected chi connectivity index (χ0v) is 14.5. The van der Waals surface area contributed by atoms with Crippen LogP contribution in [0.25, 0.3) is 0 Å². The summed E-state index contributed by atoms with van der Waals surface area (Å²) in [6.07, 6.45) is -1.15. The third-order valence-electron chi connectivity index (χ3n) is 4.21. The molecule has 25 heavy (non-hydrogen) atoms. The van der Waals surface area contributed by atoms with Gasteiger partial charge in [-0.25, -0.2) is 8.42 Å². The maximum atomic E-state index is 13.1. The van der Waals surface area contributed by atoms with Gasteiger partial charge in [0.2, 0.25) is 0 Å². The van der Waals surface area contributed by atoms with Crippen LogP contribution in [0.15, 0.2) is 54.6 Å². The van der Waals surface area contributed by atoms with Crippen molar-refractivity contribution in [2.24, 2.45) is 0 Å². The number of nitrogens with zero attached hydrogens (tertiary/aromatic N) is 1. The summed E-state index contributed by atoms with van der Waals surface area (Å²) >= 11 is 0. The van der Waals surface area contributed by atoms with E-state index in [1.54, 1.807) is 54.6 Å². The average molecular weight is 361 g/mol. The highest BCUT2D eigenvalue weighted by molar-refractivity contribution is 7.91. The standard InChI is InChI=1S/C18H19NO5S/c1-24-17-10-6-5-9-14(17)19(15-11-25(22,23)12-16(15)20)18(21)13-7-3-2-4-8-13/h2-10,15-16,20H,11-12H2,1H3. The Kier molecular flexibility index (Phi) is 4.78. The summed E-state index contributed by atoms with van der Waals surface area (Å²) in [5.41, 5.74) is 0.838. The van der Waals surface area contributed by atoms with Crippen molar-refractivity contribution >= 4 is 21.4 Å². The molecule has 7 heteroatoms. The van der Waals surface area contributed by atoms with E-state index in [4.69, 9.17) is 4.74 Å². The van der Waals surface area contributed by atoms with E-state index in [0.29, 0.717) is 17.0 Å². The van der Waals surface area contributed by atoms with Gasteiger partial charge < -0.3 is 9.84 Å². The molecule has 2 unspecified atom stereocenters. The van der Waals surface area contributed by atoms with E-state index in [1.807, 2.05) is 0 Å². The van der Waals surface area contributed by atoms with E-state index >= 15 is 0 Å². The number of rotatable bonds is 4. The zero-order valence-electron chi connectivity index (χ0n) is 13.7. The lowest BCUT2D eigenvalue weighted by molar-refractivity contribution is 0.0944. The first-order valence-corrected chi connectivity index (χ1v) is 9.65. The third-order valence-corrected chi connectivity index (χ3v) is 5.91. The first-order chi connectivity index (χ1) is 11.9. The number of sulfone groups is 1. The Labute approximate surface area is 146 Å². The van der Waals surface area contributed by atoms with Crippen LogP contribution >= 0.6 is 0 Å². The van der Waals surface area contributed by atoms with Crippen LogP contribution in [0.1, 0.15) is 10.4 Å². The van der Waals surface area contributed by atoms with Gasteiger partial charge >= 0.3 is 0 Å². The number of hydrogen-bond donors (Lipinski definition) is 1. The minimum Gasteiger partial charge on any atom is -0.495 e. The molecule has 132 valence electrons. The SMILES string of the molecule is COc1ccccc1N(C(=O)c1ccccc1)C1CS(=O)(=O)CC1O. The van der Waals surface area contributed by atoms with E-state index in [1.165, 1.54) is 12.0 Å². The van der Waals surface area contributed by atoms with E-state index in [0.717, 1.165) is 0 Å². The molecule has 1 fully saturated rings. The predicted molar refractivity (Wildman–Crippen MR) is 94.7 cm³/mol. The molecule has 0 saturated carbocycles. The van der Waals surface area contributed by atoms with Crippen molar-refractivity contribution in [1.82, 2.24) is 0 Å². The Balaban J connectivity index is 2.10. The summed E-state index contributed by atoms with van der Waals surface area (Å²) in [7, 11) is -1.94. The molecule has 3 rings (SSSR count). The van der Waals surface area contributed by atoms with Crippen LogP contribution in [0, 0.1) is 0 Å². The van der Waals surface area contributed by atoms with E-state index < -0.39 is 22.0 Å². The molecule has 1 aliphatic rings. The highest BCUT2D eigenvalue weighted by Crippen LogP contribution is 2.33. The number of aliphatic hydroxyl groups excluding tert-OH is 1. The molecular formula is C18H19NO5S. The van der Waals surface area contributed by atoms with Crippen molar-refractivity contribution < 1.29 is 23.1 Å². The zero-order chi connectivity index (χ0) is 18.0. The van der Waals surface area contributed by atoms with Crippen molar-refractivity contribution in [1.29, 1.82) is 0 Å². The second-order valence-corrected chi connectivity index (χ2v) is 8.08. The lowest BCUT2D eigenvalue weighted by Gasteiger charge is -2.31. The number of benzene rings is 2. The van der Waals surface area contributed by atoms with Crippen LogP contribution in [0.2, 0.25) is 0 Å². The highest BCUT2D eigenvalue weighted by Gasteiger charge is 2.43. The lowest BCUT2D eigenvalue weighted by Crippen LogP contribution is -2.47. The Morgan fingerprint density at radius 3 is 2.32 bits per heavy atom. The summed E-state index contributed by atoms with van der Waals surface area (Å²) in [4.78, 5) is 14.5. The minimum atomic E-state index is -3.42. The Morgan fingerprint density at radius 2 is 1.72 bits per heavy atom. The fourth-order valence-corrected chi connectivity index (χ4v) is 4.81. The average Bonchev–Trinajstić information content (AvgIpc) is 2.88. The minimum absolute atomic E-state index is 0.287. The maximum Gasteiger partial charge on any atom is 0.258 e. The highest BCUT2D eigenvalue weighted by atomic mass is 32.2. The summed E-state index contributed by atoms with van der Waals surface area (Å²) in [6.45, 7) is 0. The molecule has 1 saturated heterocycles. The van der Waals surface area contributed by atoms with Crippen molar-refractivity contribution in [3.63, 3.8) is 0 Å². The summed E-state index contributed by atoms with van der Waals surface area (Å²) in [6, 6.07) is 14.6. The Bertz CT molecular complexity index is 866. The van der Waals surface area contributed by atoms with Gasteiger partial charge in [0.15, 0.2) is 9.84 Å². The van der Waals surface area contributed by atoms with Crippen molar-refractivity contribution in [3.8, 4) is 5.75 Å². The molecule has 1 N–H and O–H groups in total. The molecule has 2 aromatic carbocycles. The molecule has 1 aliphatic heterocycles. The third kappa shape index (κ3) is 3.52. The molecule has 2 atom stereocenters. The monoisotopic (exact) mass is 361 g/mol. The van der Waals surface area contributed by atoms with Gasteiger partial charge in [-0.3, -0.25) is 9.69 Å². The van der Waals surface area contributed by atoms with Gasteiger partial charge in [0.1, 0.15) is 5.75 Å². The number of para-hydroxylation sites is 2. The molecular weight excluding hydrogens is 342 g/mol. The van der Waals surface area contributed by atoms with Crippen molar-refractivity contribution in [3.05, 3.63) is 60.2 Å². The molecule has 6 nitrogen and oxygen atoms in total. The van der Waals surface area contributed by atoms with Crippen molar-refractivity contribution in [2.75, 3.05) is 23.5 Å². The molecule has 1 amide bonds. The van der Waals surface area contributed by atoms with E-state index in [2.05, 4.69) is 0 Å². The van der Waals surface area contributed by atoms with Crippen LogP contribution < -0.4 is 9.64 Å². The van der Waals surface area contributed by atoms with E-state index in [9.17, 15) is 18.3 Å². The lowest BCUT2D eigenvalue weighted by atomic mass is 10.1. The quantitative estimate of drug-likeness (QED) is 0.892. The molecule has 1 heterocycles. The Morgan fingerprint density at radius 1 is 1.08 bits per heavy atom. The van der Waals surface area contributed by atoms with Gasteiger partial charge in [0.05, 0.1) is 36.4 Å². The first kappa shape index (κ1) is 17.4. The fraction of sp³-hybridized carbons (Fsp3) is 0.278. The largest absolute Gasteiger partial charge is 0.495 e. The maximum absolute atomic E-state index is 13.1. The summed E-state index contributed by atoms with van der Waals surface area (Å²) in [5.74, 6) is -0.592. The second kappa shape index (κ2) is 6.85. The van der Waals surface area contributed by atoms with Crippen LogP contribution in [0.4, 0.5) is 5.69 Å². The topological polar surface area (TPSA) is 83.9 Å². The molecule has 0 radical (unpaired) electrons. The number of methoxy groups -OCH3 is 1. The fourth-order valence-electron chi connectivity index (χ4n) is 3.04. The number of aliphatic hydroxyl groups is 1. The van der Waals surface area contributed by atoms with Gasteiger partial charge in [-0.1, -0.05) is 30.3 Å². The second-order valence-electron chi connectivity index (χ2n) is 5.92. The number of carbonyl (C=O) groups excluding carboxylic acids is 1.